The standard InChI is InChI=1S/C18H16ClN3O2S/c1-10-9-25-18(20-10)21-17(24)16(23)15-8-11(2)22(12(15)3)14-6-4-13(19)5-7-14/h4-9H,1-3H3,(H,20,21,24). The van der Waals surface area contributed by atoms with Crippen molar-refractivity contribution in [1.82, 2.24) is 9.55 Å². The first-order chi connectivity index (χ1) is 11.9. The van der Waals surface area contributed by atoms with Crippen molar-refractivity contribution in [1.29, 1.82) is 0 Å². The van der Waals surface area contributed by atoms with E-state index in [9.17, 15) is 9.59 Å². The summed E-state index contributed by atoms with van der Waals surface area (Å²) in [6.45, 7) is 5.53. The lowest BCUT2D eigenvalue weighted by atomic mass is 10.1. The molecule has 0 radical (unpaired) electrons. The van der Waals surface area contributed by atoms with Gasteiger partial charge in [0.1, 0.15) is 0 Å². The third kappa shape index (κ3) is 3.50. The molecular weight excluding hydrogens is 358 g/mol. The van der Waals surface area contributed by atoms with Crippen LogP contribution in [0, 0.1) is 20.8 Å². The van der Waals surface area contributed by atoms with Crippen molar-refractivity contribution in [3.05, 3.63) is 63.4 Å². The van der Waals surface area contributed by atoms with E-state index in [0.29, 0.717) is 21.4 Å². The Balaban J connectivity index is 1.90. The molecule has 0 spiro atoms. The monoisotopic (exact) mass is 373 g/mol. The summed E-state index contributed by atoms with van der Waals surface area (Å²) in [6, 6.07) is 9.03. The van der Waals surface area contributed by atoms with Crippen molar-refractivity contribution in [2.24, 2.45) is 0 Å². The highest BCUT2D eigenvalue weighted by Gasteiger charge is 2.23. The molecule has 0 saturated heterocycles. The Hall–Kier alpha value is -2.44. The lowest BCUT2D eigenvalue weighted by molar-refractivity contribution is -0.112. The second-order valence-electron chi connectivity index (χ2n) is 5.67. The SMILES string of the molecule is Cc1csc(NC(=O)C(=O)c2cc(C)n(-c3ccc(Cl)cc3)c2C)n1. The van der Waals surface area contributed by atoms with Crippen LogP contribution in [0.3, 0.4) is 0 Å². The first-order valence-corrected chi connectivity index (χ1v) is 8.85. The van der Waals surface area contributed by atoms with Gasteiger partial charge in [-0.1, -0.05) is 11.6 Å². The van der Waals surface area contributed by atoms with Crippen molar-refractivity contribution < 1.29 is 9.59 Å². The number of nitrogens with one attached hydrogen (secondary N) is 1. The molecule has 2 aromatic heterocycles. The maximum absolute atomic E-state index is 12.6. The van der Waals surface area contributed by atoms with Crippen LogP contribution in [-0.2, 0) is 4.79 Å². The average Bonchev–Trinajstić information content (AvgIpc) is 3.11. The van der Waals surface area contributed by atoms with E-state index >= 15 is 0 Å². The van der Waals surface area contributed by atoms with Gasteiger partial charge in [-0.05, 0) is 51.1 Å². The van der Waals surface area contributed by atoms with Crippen LogP contribution in [0.4, 0.5) is 5.13 Å². The summed E-state index contributed by atoms with van der Waals surface area (Å²) in [5.41, 5.74) is 3.62. The predicted molar refractivity (Wildman–Crippen MR) is 100 cm³/mol. The summed E-state index contributed by atoms with van der Waals surface area (Å²) in [6.07, 6.45) is 0. The first-order valence-electron chi connectivity index (χ1n) is 7.59. The van der Waals surface area contributed by atoms with Gasteiger partial charge in [0.25, 0.3) is 11.7 Å². The molecule has 0 unspecified atom stereocenters. The molecule has 3 aromatic rings. The number of hydrogen-bond donors (Lipinski definition) is 1. The van der Waals surface area contributed by atoms with Gasteiger partial charge < -0.3 is 4.57 Å². The Kier molecular flexibility index (Phi) is 4.74. The third-order valence-corrected chi connectivity index (χ3v) is 4.93. The number of aromatic nitrogens is 2. The minimum atomic E-state index is -0.689. The van der Waals surface area contributed by atoms with Crippen LogP contribution in [0.15, 0.2) is 35.7 Å². The normalized spacial score (nSPS) is 10.7. The number of rotatable bonds is 4. The smallest absolute Gasteiger partial charge is 0.298 e. The predicted octanol–water partition coefficient (Wildman–Crippen LogP) is 4.33. The summed E-state index contributed by atoms with van der Waals surface area (Å²) >= 11 is 7.22. The first kappa shape index (κ1) is 17.4. The maximum Gasteiger partial charge on any atom is 0.298 e. The number of nitrogens with zero attached hydrogens (tertiary/aromatic N) is 2. The minimum Gasteiger partial charge on any atom is -0.318 e. The zero-order valence-electron chi connectivity index (χ0n) is 14.0. The van der Waals surface area contributed by atoms with E-state index in [-0.39, 0.29) is 0 Å². The zero-order valence-corrected chi connectivity index (χ0v) is 15.5. The van der Waals surface area contributed by atoms with Gasteiger partial charge in [0.15, 0.2) is 5.13 Å². The van der Waals surface area contributed by atoms with Gasteiger partial charge in [0, 0.05) is 33.0 Å². The van der Waals surface area contributed by atoms with Crippen LogP contribution in [-0.4, -0.2) is 21.2 Å². The van der Waals surface area contributed by atoms with E-state index in [1.165, 1.54) is 11.3 Å². The second kappa shape index (κ2) is 6.82. The molecule has 25 heavy (non-hydrogen) atoms. The number of halogens is 1. The molecule has 3 rings (SSSR count). The number of anilines is 1. The number of Topliss-reactive ketones (excluding diaryl/α,β-unsaturated/α-hetero) is 1. The number of carbonyl (C=O) groups is 2. The fourth-order valence-electron chi connectivity index (χ4n) is 2.67. The van der Waals surface area contributed by atoms with Crippen molar-refractivity contribution in [2.45, 2.75) is 20.8 Å². The number of amides is 1. The van der Waals surface area contributed by atoms with Crippen molar-refractivity contribution in [2.75, 3.05) is 5.32 Å². The number of carbonyl (C=O) groups excluding carboxylic acids is 2. The second-order valence-corrected chi connectivity index (χ2v) is 6.97. The molecule has 1 amide bonds. The van der Waals surface area contributed by atoms with Gasteiger partial charge in [0.05, 0.1) is 5.69 Å². The van der Waals surface area contributed by atoms with Gasteiger partial charge in [-0.2, -0.15) is 0 Å². The molecule has 5 nitrogen and oxygen atoms in total. The number of aryl methyl sites for hydroxylation is 2. The fraction of sp³-hybridized carbons (Fsp3) is 0.167. The highest BCUT2D eigenvalue weighted by Crippen LogP contribution is 2.23. The summed E-state index contributed by atoms with van der Waals surface area (Å²) in [4.78, 5) is 29.0. The van der Waals surface area contributed by atoms with Gasteiger partial charge in [0.2, 0.25) is 0 Å². The quantitative estimate of drug-likeness (QED) is 0.546. The molecule has 7 heteroatoms. The highest BCUT2D eigenvalue weighted by atomic mass is 35.5. The Morgan fingerprint density at radius 1 is 1.16 bits per heavy atom. The maximum atomic E-state index is 12.6. The van der Waals surface area contributed by atoms with Gasteiger partial charge in [-0.15, -0.1) is 11.3 Å². The topological polar surface area (TPSA) is 64.0 Å². The number of hydrogen-bond acceptors (Lipinski definition) is 4. The number of benzene rings is 1. The molecule has 0 aliphatic heterocycles. The van der Waals surface area contributed by atoms with Crippen LogP contribution in [0.2, 0.25) is 5.02 Å². The molecule has 0 aliphatic rings. The number of thiazole rings is 1. The van der Waals surface area contributed by atoms with Crippen LogP contribution < -0.4 is 5.32 Å². The fourth-order valence-corrected chi connectivity index (χ4v) is 3.48. The summed E-state index contributed by atoms with van der Waals surface area (Å²) in [5, 5.41) is 5.43. The van der Waals surface area contributed by atoms with Crippen molar-refractivity contribution in [3.8, 4) is 5.69 Å². The molecule has 1 N–H and O–H groups in total. The third-order valence-electron chi connectivity index (χ3n) is 3.81. The molecule has 1 aromatic carbocycles. The molecule has 0 bridgehead atoms. The molecule has 2 heterocycles. The minimum absolute atomic E-state index is 0.373. The molecule has 0 aliphatic carbocycles. The van der Waals surface area contributed by atoms with E-state index in [1.807, 2.05) is 42.9 Å². The van der Waals surface area contributed by atoms with Crippen LogP contribution in [0.1, 0.15) is 27.4 Å². The highest BCUT2D eigenvalue weighted by molar-refractivity contribution is 7.14. The van der Waals surface area contributed by atoms with E-state index in [1.54, 1.807) is 18.2 Å². The van der Waals surface area contributed by atoms with Gasteiger partial charge in [-0.3, -0.25) is 14.9 Å². The number of ketones is 1. The lowest BCUT2D eigenvalue weighted by Crippen LogP contribution is -2.23. The van der Waals surface area contributed by atoms with Crippen molar-refractivity contribution in [3.63, 3.8) is 0 Å². The van der Waals surface area contributed by atoms with E-state index in [0.717, 1.165) is 17.1 Å². The Morgan fingerprint density at radius 2 is 1.84 bits per heavy atom. The largest absolute Gasteiger partial charge is 0.318 e. The van der Waals surface area contributed by atoms with Gasteiger partial charge >= 0.3 is 0 Å². The molecule has 0 atom stereocenters. The Morgan fingerprint density at radius 3 is 2.44 bits per heavy atom. The summed E-state index contributed by atoms with van der Waals surface area (Å²) in [5.74, 6) is -1.27. The van der Waals surface area contributed by atoms with Crippen LogP contribution in [0.25, 0.3) is 5.69 Å². The summed E-state index contributed by atoms with van der Waals surface area (Å²) in [7, 11) is 0. The summed E-state index contributed by atoms with van der Waals surface area (Å²) < 4.78 is 1.92. The Labute approximate surface area is 154 Å². The molecule has 0 fully saturated rings. The van der Waals surface area contributed by atoms with Gasteiger partial charge in [-0.25, -0.2) is 4.98 Å². The Bertz CT molecular complexity index is 957. The average molecular weight is 374 g/mol. The van der Waals surface area contributed by atoms with Crippen LogP contribution in [0.5, 0.6) is 0 Å². The van der Waals surface area contributed by atoms with E-state index < -0.39 is 11.7 Å². The van der Waals surface area contributed by atoms with Crippen molar-refractivity contribution >= 4 is 39.8 Å². The molecular formula is C18H16ClN3O2S. The molecule has 128 valence electrons. The lowest BCUT2D eigenvalue weighted by Gasteiger charge is -2.10. The van der Waals surface area contributed by atoms with Crippen LogP contribution >= 0.6 is 22.9 Å². The molecule has 0 saturated carbocycles. The zero-order chi connectivity index (χ0) is 18.1. The van der Waals surface area contributed by atoms with E-state index in [4.69, 9.17) is 11.6 Å². The van der Waals surface area contributed by atoms with E-state index in [2.05, 4.69) is 10.3 Å².